The minimum Gasteiger partial charge on any atom is -0.497 e. The Morgan fingerprint density at radius 2 is 1.68 bits per heavy atom. The molecule has 0 saturated heterocycles. The Labute approximate surface area is 190 Å². The molecular weight excluding hydrogens is 436 g/mol. The van der Waals surface area contributed by atoms with Crippen LogP contribution in [0.4, 0.5) is 5.69 Å². The van der Waals surface area contributed by atoms with Gasteiger partial charge in [0.25, 0.3) is 0 Å². The Kier molecular flexibility index (Phi) is 8.77. The second kappa shape index (κ2) is 10.9. The van der Waals surface area contributed by atoms with Gasteiger partial charge in [-0.15, -0.1) is 0 Å². The zero-order valence-corrected chi connectivity index (χ0v) is 20.2. The van der Waals surface area contributed by atoms with E-state index in [1.165, 1.54) is 4.31 Å². The third-order valence-corrected chi connectivity index (χ3v) is 6.38. The number of carbonyl (C=O) groups is 1. The molecule has 170 valence electrons. The number of nitrogens with one attached hydrogen (secondary N) is 1. The highest BCUT2D eigenvalue weighted by molar-refractivity contribution is 7.92. The Morgan fingerprint density at radius 1 is 1.10 bits per heavy atom. The second-order valence-corrected chi connectivity index (χ2v) is 10.2. The number of hydrogen-bond acceptors (Lipinski definition) is 4. The molecule has 0 aliphatic heterocycles. The zero-order chi connectivity index (χ0) is 23.2. The molecule has 6 nitrogen and oxygen atoms in total. The number of rotatable bonds is 10. The minimum absolute atomic E-state index is 0.251. The van der Waals surface area contributed by atoms with Crippen LogP contribution in [0, 0.1) is 5.92 Å². The van der Waals surface area contributed by atoms with Crippen LogP contribution in [-0.2, 0) is 14.8 Å². The molecule has 0 spiro atoms. The lowest BCUT2D eigenvalue weighted by molar-refractivity contribution is -0.123. The fourth-order valence-corrected chi connectivity index (χ4v) is 4.84. The zero-order valence-electron chi connectivity index (χ0n) is 18.6. The van der Waals surface area contributed by atoms with Gasteiger partial charge >= 0.3 is 0 Å². The van der Waals surface area contributed by atoms with Gasteiger partial charge in [-0.3, -0.25) is 9.10 Å². The molecule has 2 aromatic rings. The molecule has 1 N–H and O–H groups in total. The lowest BCUT2D eigenvalue weighted by Crippen LogP contribution is -2.50. The standard InChI is InChI=1S/C23H31ClN2O4S/c1-6-22(26(31(5,28)29)19-11-9-18(24)10-12-19)23(27)25-21(15-16(2)3)17-7-13-20(30-4)14-8-17/h7-14,16,21-22H,6,15H2,1-5H3,(H,25,27)/t21-,22-/m0/s1. The summed E-state index contributed by atoms with van der Waals surface area (Å²) < 4.78 is 31.6. The van der Waals surface area contributed by atoms with E-state index in [1.54, 1.807) is 38.3 Å². The van der Waals surface area contributed by atoms with Crippen LogP contribution in [-0.4, -0.2) is 33.7 Å². The number of sulfonamides is 1. The number of nitrogens with zero attached hydrogens (tertiary/aromatic N) is 1. The van der Waals surface area contributed by atoms with Crippen molar-refractivity contribution in [3.63, 3.8) is 0 Å². The van der Waals surface area contributed by atoms with Crippen molar-refractivity contribution in [3.8, 4) is 5.75 Å². The van der Waals surface area contributed by atoms with E-state index < -0.39 is 16.1 Å². The van der Waals surface area contributed by atoms with E-state index in [4.69, 9.17) is 16.3 Å². The third kappa shape index (κ3) is 6.87. The van der Waals surface area contributed by atoms with Crippen molar-refractivity contribution in [2.45, 2.75) is 45.7 Å². The molecule has 2 aromatic carbocycles. The van der Waals surface area contributed by atoms with Crippen LogP contribution in [0.5, 0.6) is 5.75 Å². The fourth-order valence-electron chi connectivity index (χ4n) is 3.50. The first kappa shape index (κ1) is 25.0. The molecule has 0 fully saturated rings. The summed E-state index contributed by atoms with van der Waals surface area (Å²) in [6.45, 7) is 5.95. The fraction of sp³-hybridized carbons (Fsp3) is 0.435. The van der Waals surface area contributed by atoms with Crippen LogP contribution in [0.3, 0.4) is 0 Å². The third-order valence-electron chi connectivity index (χ3n) is 4.95. The van der Waals surface area contributed by atoms with E-state index in [0.29, 0.717) is 29.5 Å². The van der Waals surface area contributed by atoms with Crippen molar-refractivity contribution in [1.82, 2.24) is 5.32 Å². The second-order valence-electron chi connectivity index (χ2n) is 7.92. The molecular formula is C23H31ClN2O4S. The van der Waals surface area contributed by atoms with Gasteiger partial charge in [0.15, 0.2) is 0 Å². The number of benzene rings is 2. The van der Waals surface area contributed by atoms with Crippen molar-refractivity contribution >= 4 is 33.2 Å². The van der Waals surface area contributed by atoms with Crippen molar-refractivity contribution in [3.05, 3.63) is 59.1 Å². The quantitative estimate of drug-likeness (QED) is 0.545. The van der Waals surface area contributed by atoms with Crippen LogP contribution in [0.1, 0.15) is 45.2 Å². The number of methoxy groups -OCH3 is 1. The molecule has 0 aliphatic carbocycles. The van der Waals surface area contributed by atoms with E-state index in [1.807, 2.05) is 24.3 Å². The molecule has 0 bridgehead atoms. The van der Waals surface area contributed by atoms with Crippen LogP contribution in [0.25, 0.3) is 0 Å². The van der Waals surface area contributed by atoms with Gasteiger partial charge in [0.1, 0.15) is 11.8 Å². The normalized spacial score (nSPS) is 13.5. The molecule has 31 heavy (non-hydrogen) atoms. The predicted molar refractivity (Wildman–Crippen MR) is 126 cm³/mol. The maximum Gasteiger partial charge on any atom is 0.244 e. The number of carbonyl (C=O) groups excluding carboxylic acids is 1. The minimum atomic E-state index is -3.71. The summed E-state index contributed by atoms with van der Waals surface area (Å²) in [7, 11) is -2.10. The molecule has 2 rings (SSSR count). The Balaban J connectivity index is 2.36. The number of ether oxygens (including phenoxy) is 1. The van der Waals surface area contributed by atoms with Gasteiger partial charge in [0.05, 0.1) is 25.1 Å². The average molecular weight is 467 g/mol. The van der Waals surface area contributed by atoms with Crippen LogP contribution in [0.15, 0.2) is 48.5 Å². The topological polar surface area (TPSA) is 75.7 Å². The van der Waals surface area contributed by atoms with E-state index in [2.05, 4.69) is 19.2 Å². The van der Waals surface area contributed by atoms with Gasteiger partial charge in [0, 0.05) is 5.02 Å². The molecule has 0 aromatic heterocycles. The number of halogens is 1. The maximum absolute atomic E-state index is 13.3. The molecule has 2 atom stereocenters. The molecule has 0 unspecified atom stereocenters. The molecule has 0 aliphatic rings. The summed E-state index contributed by atoms with van der Waals surface area (Å²) in [4.78, 5) is 13.3. The van der Waals surface area contributed by atoms with Crippen molar-refractivity contribution in [1.29, 1.82) is 0 Å². The Bertz CT molecular complexity index is 960. The SMILES string of the molecule is CC[C@@H](C(=O)N[C@@H](CC(C)C)c1ccc(OC)cc1)N(c1ccc(Cl)cc1)S(C)(=O)=O. The van der Waals surface area contributed by atoms with Crippen molar-refractivity contribution < 1.29 is 17.9 Å². The molecule has 1 amide bonds. The summed E-state index contributed by atoms with van der Waals surface area (Å²) in [5.41, 5.74) is 1.34. The van der Waals surface area contributed by atoms with Gasteiger partial charge in [-0.25, -0.2) is 8.42 Å². The lowest BCUT2D eigenvalue weighted by Gasteiger charge is -2.32. The highest BCUT2D eigenvalue weighted by Gasteiger charge is 2.32. The van der Waals surface area contributed by atoms with E-state index in [0.717, 1.165) is 17.6 Å². The molecule has 0 heterocycles. The summed E-state index contributed by atoms with van der Waals surface area (Å²) in [6.07, 6.45) is 2.14. The molecule has 0 radical (unpaired) electrons. The van der Waals surface area contributed by atoms with E-state index >= 15 is 0 Å². The Hall–Kier alpha value is -2.25. The van der Waals surface area contributed by atoms with Gasteiger partial charge < -0.3 is 10.1 Å². The van der Waals surface area contributed by atoms with Crippen LogP contribution < -0.4 is 14.4 Å². The first-order chi connectivity index (χ1) is 14.6. The number of anilines is 1. The highest BCUT2D eigenvalue weighted by Crippen LogP contribution is 2.27. The molecule has 0 saturated carbocycles. The van der Waals surface area contributed by atoms with Gasteiger partial charge in [-0.05, 0) is 60.7 Å². The smallest absolute Gasteiger partial charge is 0.244 e. The average Bonchev–Trinajstić information content (AvgIpc) is 2.71. The van der Waals surface area contributed by atoms with Gasteiger partial charge in [-0.2, -0.15) is 0 Å². The lowest BCUT2D eigenvalue weighted by atomic mass is 9.96. The monoisotopic (exact) mass is 466 g/mol. The highest BCUT2D eigenvalue weighted by atomic mass is 35.5. The van der Waals surface area contributed by atoms with Gasteiger partial charge in [0.2, 0.25) is 15.9 Å². The summed E-state index contributed by atoms with van der Waals surface area (Å²) >= 11 is 5.96. The number of amides is 1. The van der Waals surface area contributed by atoms with E-state index in [9.17, 15) is 13.2 Å². The van der Waals surface area contributed by atoms with E-state index in [-0.39, 0.29) is 11.9 Å². The van der Waals surface area contributed by atoms with Crippen molar-refractivity contribution in [2.24, 2.45) is 5.92 Å². The summed E-state index contributed by atoms with van der Waals surface area (Å²) in [5.74, 6) is 0.717. The van der Waals surface area contributed by atoms with Crippen molar-refractivity contribution in [2.75, 3.05) is 17.7 Å². The maximum atomic E-state index is 13.3. The predicted octanol–water partition coefficient (Wildman–Crippen LogP) is 4.80. The first-order valence-corrected chi connectivity index (χ1v) is 12.5. The van der Waals surface area contributed by atoms with Crippen LogP contribution >= 0.6 is 11.6 Å². The molecule has 8 heteroatoms. The number of hydrogen-bond donors (Lipinski definition) is 1. The van der Waals surface area contributed by atoms with Crippen LogP contribution in [0.2, 0.25) is 5.02 Å². The summed E-state index contributed by atoms with van der Waals surface area (Å²) in [6, 6.07) is 12.8. The first-order valence-electron chi connectivity index (χ1n) is 10.3. The van der Waals surface area contributed by atoms with Gasteiger partial charge in [-0.1, -0.05) is 44.5 Å². The Morgan fingerprint density at radius 3 is 2.13 bits per heavy atom. The summed E-state index contributed by atoms with van der Waals surface area (Å²) in [5, 5.41) is 3.57. The largest absolute Gasteiger partial charge is 0.497 e.